The van der Waals surface area contributed by atoms with E-state index in [-0.39, 0.29) is 63.5 Å². The van der Waals surface area contributed by atoms with E-state index in [1.165, 1.54) is 27.0 Å². The number of carbonyl (C=O) groups excluding carboxylic acids is 3. The van der Waals surface area contributed by atoms with Gasteiger partial charge in [-0.1, -0.05) is 5.16 Å². The molecule has 11 heteroatoms. The summed E-state index contributed by atoms with van der Waals surface area (Å²) in [5, 5.41) is 28.1. The van der Waals surface area contributed by atoms with Crippen LogP contribution in [0, 0.1) is 6.92 Å². The summed E-state index contributed by atoms with van der Waals surface area (Å²) in [5.74, 6) is -1.89. The molecule has 0 saturated carbocycles. The molecule has 0 bridgehead atoms. The number of ether oxygens (including phenoxy) is 1. The molecule has 184 valence electrons. The van der Waals surface area contributed by atoms with Crippen LogP contribution in [0.5, 0.6) is 17.2 Å². The average Bonchev–Trinajstić information content (AvgIpc) is 3.56. The van der Waals surface area contributed by atoms with Crippen LogP contribution in [0.15, 0.2) is 50.4 Å². The molecule has 0 amide bonds. The fourth-order valence-electron chi connectivity index (χ4n) is 4.49. The van der Waals surface area contributed by atoms with E-state index in [1.807, 2.05) is 0 Å². The van der Waals surface area contributed by atoms with Crippen molar-refractivity contribution in [2.24, 2.45) is 0 Å². The number of allylic oxidation sites excluding steroid dienone is 4. The zero-order valence-corrected chi connectivity index (χ0v) is 19.8. The molecular formula is C25H21N3O8. The van der Waals surface area contributed by atoms with Crippen molar-refractivity contribution in [3.05, 3.63) is 64.1 Å². The normalized spacial score (nSPS) is 19.9. The Bertz CT molecular complexity index is 1530. The Hall–Kier alpha value is -4.67. The van der Waals surface area contributed by atoms with Gasteiger partial charge in [0, 0.05) is 17.3 Å². The van der Waals surface area contributed by atoms with E-state index in [0.717, 1.165) is 6.08 Å². The third-order valence-electron chi connectivity index (χ3n) is 6.47. The number of carbonyl (C=O) groups is 3. The van der Waals surface area contributed by atoms with E-state index in [2.05, 4.69) is 15.5 Å². The second-order valence-corrected chi connectivity index (χ2v) is 8.73. The Balaban J connectivity index is 1.52. The van der Waals surface area contributed by atoms with Crippen LogP contribution in [-0.4, -0.2) is 37.7 Å². The van der Waals surface area contributed by atoms with Crippen LogP contribution in [-0.2, 0) is 21.5 Å². The van der Waals surface area contributed by atoms with Gasteiger partial charge in [-0.15, -0.1) is 0 Å². The molecule has 2 aromatic heterocycles. The molecule has 5 rings (SSSR count). The molecule has 1 atom stereocenters. The summed E-state index contributed by atoms with van der Waals surface area (Å²) in [7, 11) is 0. The number of aromatic nitrogens is 2. The van der Waals surface area contributed by atoms with Gasteiger partial charge in [0.2, 0.25) is 11.7 Å². The van der Waals surface area contributed by atoms with E-state index in [0.29, 0.717) is 5.76 Å². The second-order valence-electron chi connectivity index (χ2n) is 8.73. The van der Waals surface area contributed by atoms with E-state index in [1.54, 1.807) is 19.1 Å². The van der Waals surface area contributed by atoms with Crippen molar-refractivity contribution in [2.75, 3.05) is 0 Å². The third kappa shape index (κ3) is 3.16. The van der Waals surface area contributed by atoms with E-state index < -0.39 is 28.5 Å². The summed E-state index contributed by atoms with van der Waals surface area (Å²) in [5.41, 5.74) is -1.62. The monoisotopic (exact) mass is 491 g/mol. The average molecular weight is 491 g/mol. The number of phenolic OH excluding ortho intramolecular Hbond substituents is 2. The van der Waals surface area contributed by atoms with Crippen molar-refractivity contribution in [2.45, 2.75) is 39.7 Å². The van der Waals surface area contributed by atoms with Gasteiger partial charge < -0.3 is 29.2 Å². The van der Waals surface area contributed by atoms with Crippen molar-refractivity contribution in [3.8, 4) is 28.8 Å². The maximum Gasteiger partial charge on any atom is 0.246 e. The van der Waals surface area contributed by atoms with E-state index >= 15 is 0 Å². The van der Waals surface area contributed by atoms with Crippen molar-refractivity contribution >= 4 is 17.3 Å². The lowest BCUT2D eigenvalue weighted by Gasteiger charge is -2.29. The van der Waals surface area contributed by atoms with Gasteiger partial charge in [-0.05, 0) is 39.8 Å². The maximum absolute atomic E-state index is 13.8. The number of hydrogen-bond acceptors (Lipinski definition) is 11. The van der Waals surface area contributed by atoms with Gasteiger partial charge in [-0.25, -0.2) is 0 Å². The standard InChI is InChI=1S/C25H21N3O8/c1-10-20(31)18(12(3)29)22-19(21(10)32)25(4)15(35-22)8-13(30)17(23(25)33)11(2)26-9-16-27-24(28-36-16)14-6-5-7-34-14/h5-8,26,31-32H,9H2,1-4H3. The molecule has 0 saturated heterocycles. The fourth-order valence-corrected chi connectivity index (χ4v) is 4.49. The summed E-state index contributed by atoms with van der Waals surface area (Å²) in [6.45, 7) is 5.73. The Kier molecular flexibility index (Phi) is 5.09. The number of benzene rings is 1. The first-order chi connectivity index (χ1) is 17.1. The van der Waals surface area contributed by atoms with E-state index in [9.17, 15) is 24.6 Å². The lowest BCUT2D eigenvalue weighted by atomic mass is 9.70. The molecule has 11 nitrogen and oxygen atoms in total. The van der Waals surface area contributed by atoms with Gasteiger partial charge in [0.15, 0.2) is 23.1 Å². The minimum absolute atomic E-state index is 0.0245. The molecule has 1 aromatic carbocycles. The predicted molar refractivity (Wildman–Crippen MR) is 122 cm³/mol. The van der Waals surface area contributed by atoms with Crippen LogP contribution >= 0.6 is 0 Å². The molecule has 3 N–H and O–H groups in total. The van der Waals surface area contributed by atoms with Crippen LogP contribution in [0.2, 0.25) is 0 Å². The summed E-state index contributed by atoms with van der Waals surface area (Å²) in [6, 6.07) is 3.36. The minimum atomic E-state index is -1.59. The lowest BCUT2D eigenvalue weighted by Crippen LogP contribution is -2.41. The first kappa shape index (κ1) is 23.1. The molecule has 36 heavy (non-hydrogen) atoms. The second kappa shape index (κ2) is 7.94. The first-order valence-corrected chi connectivity index (χ1v) is 11.0. The molecule has 1 unspecified atom stereocenters. The van der Waals surface area contributed by atoms with Gasteiger partial charge in [0.25, 0.3) is 0 Å². The Morgan fingerprint density at radius 2 is 1.94 bits per heavy atom. The number of Topliss-reactive ketones (excluding diaryl/α,β-unsaturated/α-hetero) is 2. The zero-order valence-electron chi connectivity index (χ0n) is 19.8. The van der Waals surface area contributed by atoms with Crippen molar-refractivity contribution < 1.29 is 38.3 Å². The molecule has 0 spiro atoms. The fraction of sp³-hybridized carbons (Fsp3) is 0.240. The van der Waals surface area contributed by atoms with Gasteiger partial charge >= 0.3 is 0 Å². The topological polar surface area (TPSA) is 165 Å². The Morgan fingerprint density at radius 3 is 2.61 bits per heavy atom. The predicted octanol–water partition coefficient (Wildman–Crippen LogP) is 3.00. The number of furan rings is 1. The van der Waals surface area contributed by atoms with Gasteiger partial charge in [0.05, 0.1) is 23.9 Å². The molecule has 0 radical (unpaired) electrons. The van der Waals surface area contributed by atoms with Crippen LogP contribution in [0.1, 0.15) is 48.1 Å². The number of rotatable bonds is 5. The highest BCUT2D eigenvalue weighted by molar-refractivity contribution is 6.31. The van der Waals surface area contributed by atoms with Gasteiger partial charge in [0.1, 0.15) is 34.0 Å². The highest BCUT2D eigenvalue weighted by Gasteiger charge is 2.56. The number of aromatic hydroxyl groups is 2. The zero-order chi connectivity index (χ0) is 25.9. The van der Waals surface area contributed by atoms with Gasteiger partial charge in [-0.2, -0.15) is 4.98 Å². The van der Waals surface area contributed by atoms with Crippen molar-refractivity contribution in [1.29, 1.82) is 0 Å². The third-order valence-corrected chi connectivity index (χ3v) is 6.47. The molecule has 3 aromatic rings. The quantitative estimate of drug-likeness (QED) is 0.273. The van der Waals surface area contributed by atoms with Crippen LogP contribution in [0.3, 0.4) is 0 Å². The minimum Gasteiger partial charge on any atom is -0.507 e. The van der Waals surface area contributed by atoms with Crippen molar-refractivity contribution in [3.63, 3.8) is 0 Å². The van der Waals surface area contributed by atoms with E-state index in [4.69, 9.17) is 13.7 Å². The summed E-state index contributed by atoms with van der Waals surface area (Å²) in [4.78, 5) is 43.2. The molecular weight excluding hydrogens is 470 g/mol. The molecule has 1 aliphatic heterocycles. The number of fused-ring (bicyclic) bond motifs is 3. The summed E-state index contributed by atoms with van der Waals surface area (Å²) in [6.07, 6.45) is 2.63. The smallest absolute Gasteiger partial charge is 0.246 e. The summed E-state index contributed by atoms with van der Waals surface area (Å²) < 4.78 is 16.2. The molecule has 1 aliphatic carbocycles. The lowest BCUT2D eigenvalue weighted by molar-refractivity contribution is -0.123. The number of nitrogens with zero attached hydrogens (tertiary/aromatic N) is 2. The number of ketones is 3. The largest absolute Gasteiger partial charge is 0.507 e. The molecule has 0 fully saturated rings. The van der Waals surface area contributed by atoms with Gasteiger partial charge in [-0.3, -0.25) is 14.4 Å². The number of nitrogens with one attached hydrogen (secondary N) is 1. The van der Waals surface area contributed by atoms with Crippen LogP contribution in [0.4, 0.5) is 0 Å². The highest BCUT2D eigenvalue weighted by atomic mass is 16.5. The van der Waals surface area contributed by atoms with Crippen LogP contribution in [0.25, 0.3) is 11.6 Å². The van der Waals surface area contributed by atoms with Crippen LogP contribution < -0.4 is 10.1 Å². The Morgan fingerprint density at radius 1 is 1.19 bits per heavy atom. The van der Waals surface area contributed by atoms with Crippen molar-refractivity contribution in [1.82, 2.24) is 15.5 Å². The highest BCUT2D eigenvalue weighted by Crippen LogP contribution is 2.57. The summed E-state index contributed by atoms with van der Waals surface area (Å²) >= 11 is 0. The molecule has 3 heterocycles. The molecule has 2 aliphatic rings. The SMILES string of the molecule is CC(=O)c1c(O)c(C)c(O)c2c1OC1=CC(=O)C(=C(C)NCc3nc(-c4ccco4)no3)C(=O)C12C. The number of phenols is 2. The maximum atomic E-state index is 13.8. The Labute approximate surface area is 204 Å². The first-order valence-electron chi connectivity index (χ1n) is 11.0. The number of hydrogen-bond donors (Lipinski definition) is 3.